The Morgan fingerprint density at radius 1 is 1.35 bits per heavy atom. The highest BCUT2D eigenvalue weighted by Crippen LogP contribution is 2.19. The van der Waals surface area contributed by atoms with Crippen molar-refractivity contribution in [2.75, 3.05) is 0 Å². The maximum Gasteiger partial charge on any atom is 0.261 e. The van der Waals surface area contributed by atoms with Crippen LogP contribution in [0, 0.1) is 6.92 Å². The van der Waals surface area contributed by atoms with Crippen molar-refractivity contribution in [1.82, 2.24) is 24.7 Å². The van der Waals surface area contributed by atoms with E-state index in [4.69, 9.17) is 0 Å². The Hall–Kier alpha value is -2.54. The Morgan fingerprint density at radius 3 is 2.83 bits per heavy atom. The monoisotopic (exact) mass is 327 g/mol. The van der Waals surface area contributed by atoms with Gasteiger partial charge in [0, 0.05) is 29.5 Å². The summed E-state index contributed by atoms with van der Waals surface area (Å²) in [7, 11) is 0. The normalized spacial score (nSPS) is 11.7. The largest absolute Gasteiger partial charge is 0.306 e. The lowest BCUT2D eigenvalue weighted by molar-refractivity contribution is 0.528. The van der Waals surface area contributed by atoms with Crippen LogP contribution in [-0.2, 0) is 0 Å². The van der Waals surface area contributed by atoms with Gasteiger partial charge in [0.05, 0.1) is 11.3 Å². The van der Waals surface area contributed by atoms with Crippen LogP contribution in [0.5, 0.6) is 0 Å². The summed E-state index contributed by atoms with van der Waals surface area (Å²) in [4.78, 5) is 23.6. The van der Waals surface area contributed by atoms with Crippen LogP contribution in [0.2, 0.25) is 0 Å². The molecule has 0 aromatic carbocycles. The van der Waals surface area contributed by atoms with Gasteiger partial charge in [-0.05, 0) is 39.0 Å². The highest BCUT2D eigenvalue weighted by molar-refractivity contribution is 7.13. The van der Waals surface area contributed by atoms with Crippen LogP contribution in [-0.4, -0.2) is 24.7 Å². The lowest BCUT2D eigenvalue weighted by atomic mass is 10.3. The summed E-state index contributed by atoms with van der Waals surface area (Å²) in [6.45, 7) is 6.03. The molecule has 0 amide bonds. The molecule has 3 aromatic rings. The number of nitrogens with one attached hydrogen (secondary N) is 1. The number of aryl methyl sites for hydroxylation is 1. The van der Waals surface area contributed by atoms with Gasteiger partial charge < -0.3 is 4.98 Å². The van der Waals surface area contributed by atoms with E-state index in [2.05, 4.69) is 33.9 Å². The maximum absolute atomic E-state index is 12.2. The first-order valence-corrected chi connectivity index (χ1v) is 8.16. The zero-order valence-electron chi connectivity index (χ0n) is 13.1. The van der Waals surface area contributed by atoms with Crippen molar-refractivity contribution < 1.29 is 0 Å². The van der Waals surface area contributed by atoms with Crippen molar-refractivity contribution in [3.63, 3.8) is 0 Å². The molecule has 0 aliphatic carbocycles. The summed E-state index contributed by atoms with van der Waals surface area (Å²) < 4.78 is 1.90. The van der Waals surface area contributed by atoms with Gasteiger partial charge in [-0.25, -0.2) is 9.97 Å². The molecular weight excluding hydrogens is 310 g/mol. The average molecular weight is 327 g/mol. The van der Waals surface area contributed by atoms with E-state index in [0.717, 1.165) is 11.4 Å². The second-order valence-electron chi connectivity index (χ2n) is 5.43. The molecule has 3 aromatic heterocycles. The van der Waals surface area contributed by atoms with Gasteiger partial charge >= 0.3 is 0 Å². The van der Waals surface area contributed by atoms with Crippen LogP contribution < -0.4 is 5.56 Å². The van der Waals surface area contributed by atoms with Crippen LogP contribution in [0.25, 0.3) is 22.7 Å². The van der Waals surface area contributed by atoms with Crippen LogP contribution in [0.4, 0.5) is 0 Å². The minimum absolute atomic E-state index is 0.189. The molecule has 0 radical (unpaired) electrons. The van der Waals surface area contributed by atoms with Crippen LogP contribution in [0.15, 0.2) is 28.6 Å². The van der Waals surface area contributed by atoms with E-state index in [1.165, 1.54) is 11.3 Å². The molecule has 23 heavy (non-hydrogen) atoms. The molecule has 1 N–H and O–H groups in total. The van der Waals surface area contributed by atoms with E-state index >= 15 is 0 Å². The number of thiazole rings is 1. The van der Waals surface area contributed by atoms with E-state index in [1.807, 2.05) is 29.1 Å². The Balaban J connectivity index is 1.87. The van der Waals surface area contributed by atoms with Crippen molar-refractivity contribution in [3.05, 3.63) is 51.4 Å². The minimum Gasteiger partial charge on any atom is -0.306 e. The second kappa shape index (κ2) is 6.29. The second-order valence-corrected chi connectivity index (χ2v) is 6.29. The fraction of sp³-hybridized carbons (Fsp3) is 0.250. The predicted molar refractivity (Wildman–Crippen MR) is 92.2 cm³/mol. The Morgan fingerprint density at radius 2 is 2.17 bits per heavy atom. The fourth-order valence-electron chi connectivity index (χ4n) is 2.18. The summed E-state index contributed by atoms with van der Waals surface area (Å²) in [5.41, 5.74) is 2.16. The zero-order chi connectivity index (χ0) is 16.4. The summed E-state index contributed by atoms with van der Waals surface area (Å²) in [5.74, 6) is 0.503. The van der Waals surface area contributed by atoms with Gasteiger partial charge in [-0.1, -0.05) is 0 Å². The molecule has 3 rings (SSSR count). The number of H-pyrrole nitrogens is 1. The van der Waals surface area contributed by atoms with Gasteiger partial charge in [-0.15, -0.1) is 11.3 Å². The molecule has 0 aliphatic rings. The third kappa shape index (κ3) is 3.29. The summed E-state index contributed by atoms with van der Waals surface area (Å²) in [5, 5.41) is 6.87. The van der Waals surface area contributed by atoms with Gasteiger partial charge in [0.25, 0.3) is 5.56 Å². The molecule has 0 saturated heterocycles. The van der Waals surface area contributed by atoms with E-state index in [0.29, 0.717) is 16.4 Å². The molecule has 0 saturated carbocycles. The standard InChI is InChI=1S/C16H17N5OS/c1-10(2)21-12(6-7-18-21)4-5-14-17-8-13(15(22)20-14)16-19-11(3)9-23-16/h4-10H,1-3H3,(H,17,20,22)/b5-4+. The van der Waals surface area contributed by atoms with E-state index in [-0.39, 0.29) is 11.6 Å². The van der Waals surface area contributed by atoms with Crippen LogP contribution in [0.3, 0.4) is 0 Å². The van der Waals surface area contributed by atoms with Crippen LogP contribution in [0.1, 0.15) is 37.1 Å². The quantitative estimate of drug-likeness (QED) is 0.798. The van der Waals surface area contributed by atoms with E-state index in [1.54, 1.807) is 18.5 Å². The molecular formula is C16H17N5OS. The lowest BCUT2D eigenvalue weighted by Gasteiger charge is -2.07. The topological polar surface area (TPSA) is 76.5 Å². The predicted octanol–water partition coefficient (Wildman–Crippen LogP) is 3.15. The van der Waals surface area contributed by atoms with Crippen molar-refractivity contribution >= 4 is 23.5 Å². The van der Waals surface area contributed by atoms with Crippen LogP contribution >= 0.6 is 11.3 Å². The highest BCUT2D eigenvalue weighted by atomic mass is 32.1. The Labute approximate surface area is 137 Å². The molecule has 0 bridgehead atoms. The summed E-state index contributed by atoms with van der Waals surface area (Å²) in [6.07, 6.45) is 6.98. The molecule has 3 heterocycles. The number of aromatic nitrogens is 5. The number of nitrogens with zero attached hydrogens (tertiary/aromatic N) is 4. The average Bonchev–Trinajstić information content (AvgIpc) is 3.14. The molecule has 0 spiro atoms. The van der Waals surface area contributed by atoms with Gasteiger partial charge in [-0.3, -0.25) is 9.48 Å². The molecule has 0 atom stereocenters. The molecule has 0 fully saturated rings. The van der Waals surface area contributed by atoms with E-state index < -0.39 is 0 Å². The highest BCUT2D eigenvalue weighted by Gasteiger charge is 2.08. The molecule has 7 heteroatoms. The Bertz CT molecular complexity index is 903. The third-order valence-electron chi connectivity index (χ3n) is 3.27. The van der Waals surface area contributed by atoms with Gasteiger partial charge in [-0.2, -0.15) is 5.10 Å². The SMILES string of the molecule is Cc1csc(-c2cnc(/C=C/c3ccnn3C(C)C)[nH]c2=O)n1. The lowest BCUT2D eigenvalue weighted by Crippen LogP contribution is -2.11. The first kappa shape index (κ1) is 15.4. The molecule has 6 nitrogen and oxygen atoms in total. The van der Waals surface area contributed by atoms with Crippen molar-refractivity contribution in [2.45, 2.75) is 26.8 Å². The fourth-order valence-corrected chi connectivity index (χ4v) is 2.98. The molecule has 0 aliphatic heterocycles. The Kier molecular flexibility index (Phi) is 4.20. The number of hydrogen-bond acceptors (Lipinski definition) is 5. The van der Waals surface area contributed by atoms with Gasteiger partial charge in [0.15, 0.2) is 0 Å². The first-order valence-electron chi connectivity index (χ1n) is 7.28. The maximum atomic E-state index is 12.2. The number of hydrogen-bond donors (Lipinski definition) is 1. The van der Waals surface area contributed by atoms with Gasteiger partial charge in [0.2, 0.25) is 0 Å². The van der Waals surface area contributed by atoms with Crippen molar-refractivity contribution in [3.8, 4) is 10.6 Å². The van der Waals surface area contributed by atoms with Gasteiger partial charge in [0.1, 0.15) is 10.8 Å². The molecule has 0 unspecified atom stereocenters. The van der Waals surface area contributed by atoms with Crippen molar-refractivity contribution in [2.24, 2.45) is 0 Å². The zero-order valence-corrected chi connectivity index (χ0v) is 14.0. The smallest absolute Gasteiger partial charge is 0.261 e. The third-order valence-corrected chi connectivity index (χ3v) is 4.26. The van der Waals surface area contributed by atoms with E-state index in [9.17, 15) is 4.79 Å². The number of rotatable bonds is 4. The van der Waals surface area contributed by atoms with Crippen molar-refractivity contribution in [1.29, 1.82) is 0 Å². The first-order chi connectivity index (χ1) is 11.0. The summed E-state index contributed by atoms with van der Waals surface area (Å²) >= 11 is 1.44. The number of aromatic amines is 1. The molecule has 118 valence electrons. The summed E-state index contributed by atoms with van der Waals surface area (Å²) in [6, 6.07) is 2.19. The minimum atomic E-state index is -0.189.